The van der Waals surface area contributed by atoms with Crippen molar-refractivity contribution in [3.8, 4) is 0 Å². The molecule has 0 spiro atoms. The van der Waals surface area contributed by atoms with Crippen molar-refractivity contribution in [3.63, 3.8) is 0 Å². The summed E-state index contributed by atoms with van der Waals surface area (Å²) in [6, 6.07) is 19.5. The Morgan fingerprint density at radius 3 is 2.25 bits per heavy atom. The van der Waals surface area contributed by atoms with E-state index in [-0.39, 0.29) is 5.91 Å². The minimum Gasteiger partial charge on any atom is -0.326 e. The van der Waals surface area contributed by atoms with Gasteiger partial charge in [-0.3, -0.25) is 9.79 Å². The number of nitrogens with zero attached hydrogens (tertiary/aromatic N) is 1. The van der Waals surface area contributed by atoms with E-state index in [4.69, 9.17) is 0 Å². The Labute approximate surface area is 119 Å². The number of amides is 1. The molecular formula is C17H18N2O. The van der Waals surface area contributed by atoms with Crippen LogP contribution in [-0.4, -0.2) is 11.6 Å². The molecule has 20 heavy (non-hydrogen) atoms. The third-order valence-electron chi connectivity index (χ3n) is 2.85. The van der Waals surface area contributed by atoms with Gasteiger partial charge in [0.2, 0.25) is 5.91 Å². The summed E-state index contributed by atoms with van der Waals surface area (Å²) in [6.07, 6.45) is 0.321. The number of aliphatic imine (C=N–C) groups is 1. The van der Waals surface area contributed by atoms with E-state index < -0.39 is 0 Å². The van der Waals surface area contributed by atoms with Gasteiger partial charge in [-0.1, -0.05) is 48.5 Å². The highest BCUT2D eigenvalue weighted by Gasteiger charge is 2.03. The van der Waals surface area contributed by atoms with Gasteiger partial charge in [-0.25, -0.2) is 0 Å². The number of rotatable bonds is 5. The highest BCUT2D eigenvalue weighted by molar-refractivity contribution is 6.05. The van der Waals surface area contributed by atoms with E-state index in [0.717, 1.165) is 17.0 Å². The number of hydrogen-bond acceptors (Lipinski definition) is 2. The minimum atomic E-state index is -0.0366. The van der Waals surface area contributed by atoms with Crippen LogP contribution in [0.2, 0.25) is 0 Å². The molecular weight excluding hydrogens is 248 g/mol. The minimum absolute atomic E-state index is 0.0366. The zero-order chi connectivity index (χ0) is 14.2. The van der Waals surface area contributed by atoms with Crippen LogP contribution in [0.5, 0.6) is 0 Å². The lowest BCUT2D eigenvalue weighted by atomic mass is 10.2. The smallest absolute Gasteiger partial charge is 0.230 e. The van der Waals surface area contributed by atoms with Crippen LogP contribution < -0.4 is 5.32 Å². The number of anilines is 1. The second-order valence-corrected chi connectivity index (χ2v) is 4.63. The fourth-order valence-electron chi connectivity index (χ4n) is 1.82. The van der Waals surface area contributed by atoms with Gasteiger partial charge in [-0.05, 0) is 24.6 Å². The van der Waals surface area contributed by atoms with Crippen molar-refractivity contribution in [3.05, 3.63) is 66.2 Å². The lowest BCUT2D eigenvalue weighted by Gasteiger charge is -2.05. The zero-order valence-electron chi connectivity index (χ0n) is 11.5. The van der Waals surface area contributed by atoms with Crippen LogP contribution in [0.3, 0.4) is 0 Å². The molecule has 0 fully saturated rings. The van der Waals surface area contributed by atoms with Crippen molar-refractivity contribution < 1.29 is 4.79 Å². The van der Waals surface area contributed by atoms with Crippen LogP contribution >= 0.6 is 0 Å². The monoisotopic (exact) mass is 266 g/mol. The molecule has 102 valence electrons. The molecule has 3 heteroatoms. The standard InChI is InChI=1S/C17H18N2O/c1-14(18-13-15-8-4-2-5-9-15)12-17(20)19-16-10-6-3-7-11-16/h2-11H,12-13H2,1H3,(H,19,20). The summed E-state index contributed by atoms with van der Waals surface area (Å²) in [5, 5.41) is 2.85. The molecule has 0 saturated heterocycles. The molecule has 2 aromatic rings. The van der Waals surface area contributed by atoms with E-state index in [1.807, 2.05) is 67.6 Å². The SMILES string of the molecule is CC(CC(=O)Nc1ccccc1)=NCc1ccccc1. The Morgan fingerprint density at radius 1 is 1.00 bits per heavy atom. The number of hydrogen-bond donors (Lipinski definition) is 1. The van der Waals surface area contributed by atoms with Gasteiger partial charge in [0.1, 0.15) is 0 Å². The summed E-state index contributed by atoms with van der Waals surface area (Å²) < 4.78 is 0. The maximum absolute atomic E-state index is 11.8. The van der Waals surface area contributed by atoms with E-state index in [0.29, 0.717) is 13.0 Å². The Bertz CT molecular complexity index is 576. The first kappa shape index (κ1) is 14.0. The fourth-order valence-corrected chi connectivity index (χ4v) is 1.82. The predicted octanol–water partition coefficient (Wildman–Crippen LogP) is 3.68. The van der Waals surface area contributed by atoms with Crippen molar-refractivity contribution >= 4 is 17.3 Å². The number of nitrogens with one attached hydrogen (secondary N) is 1. The average molecular weight is 266 g/mol. The summed E-state index contributed by atoms with van der Waals surface area (Å²) in [4.78, 5) is 16.3. The van der Waals surface area contributed by atoms with E-state index in [1.54, 1.807) is 0 Å². The number of carbonyl (C=O) groups excluding carboxylic acids is 1. The van der Waals surface area contributed by atoms with Crippen LogP contribution in [0, 0.1) is 0 Å². The van der Waals surface area contributed by atoms with Gasteiger partial charge >= 0.3 is 0 Å². The predicted molar refractivity (Wildman–Crippen MR) is 82.9 cm³/mol. The highest BCUT2D eigenvalue weighted by Crippen LogP contribution is 2.06. The Kier molecular flexibility index (Phi) is 5.07. The molecule has 1 amide bonds. The highest BCUT2D eigenvalue weighted by atomic mass is 16.1. The first-order valence-corrected chi connectivity index (χ1v) is 6.63. The molecule has 3 nitrogen and oxygen atoms in total. The first-order chi connectivity index (χ1) is 9.74. The average Bonchev–Trinajstić information content (AvgIpc) is 2.47. The Balaban J connectivity index is 1.84. The van der Waals surface area contributed by atoms with Gasteiger partial charge in [-0.15, -0.1) is 0 Å². The van der Waals surface area contributed by atoms with E-state index >= 15 is 0 Å². The van der Waals surface area contributed by atoms with Crippen molar-refractivity contribution in [2.75, 3.05) is 5.32 Å². The van der Waals surface area contributed by atoms with E-state index in [9.17, 15) is 4.79 Å². The van der Waals surface area contributed by atoms with E-state index in [2.05, 4.69) is 10.3 Å². The molecule has 2 aromatic carbocycles. The van der Waals surface area contributed by atoms with Crippen LogP contribution in [-0.2, 0) is 11.3 Å². The van der Waals surface area contributed by atoms with Gasteiger partial charge in [0.05, 0.1) is 13.0 Å². The van der Waals surface area contributed by atoms with Crippen molar-refractivity contribution in [2.24, 2.45) is 4.99 Å². The van der Waals surface area contributed by atoms with Crippen molar-refractivity contribution in [2.45, 2.75) is 19.9 Å². The van der Waals surface area contributed by atoms with Gasteiger partial charge in [0, 0.05) is 11.4 Å². The van der Waals surface area contributed by atoms with Crippen LogP contribution in [0.25, 0.3) is 0 Å². The summed E-state index contributed by atoms with van der Waals surface area (Å²) in [7, 11) is 0. The summed E-state index contributed by atoms with van der Waals surface area (Å²) in [6.45, 7) is 2.50. The topological polar surface area (TPSA) is 41.5 Å². The maximum atomic E-state index is 11.8. The first-order valence-electron chi connectivity index (χ1n) is 6.63. The van der Waals surface area contributed by atoms with Crippen molar-refractivity contribution in [1.29, 1.82) is 0 Å². The quantitative estimate of drug-likeness (QED) is 0.824. The number of benzene rings is 2. The van der Waals surface area contributed by atoms with E-state index in [1.165, 1.54) is 0 Å². The second kappa shape index (κ2) is 7.24. The Hall–Kier alpha value is -2.42. The third-order valence-corrected chi connectivity index (χ3v) is 2.85. The molecule has 0 unspecified atom stereocenters. The largest absolute Gasteiger partial charge is 0.326 e. The van der Waals surface area contributed by atoms with Gasteiger partial charge < -0.3 is 5.32 Å². The maximum Gasteiger partial charge on any atom is 0.230 e. The molecule has 0 bridgehead atoms. The number of para-hydroxylation sites is 1. The molecule has 0 saturated carbocycles. The van der Waals surface area contributed by atoms with Gasteiger partial charge in [0.15, 0.2) is 0 Å². The lowest BCUT2D eigenvalue weighted by molar-refractivity contribution is -0.115. The van der Waals surface area contributed by atoms with Crippen LogP contribution in [0.15, 0.2) is 65.7 Å². The normalized spacial score (nSPS) is 11.2. The third kappa shape index (κ3) is 4.69. The molecule has 1 N–H and O–H groups in total. The zero-order valence-corrected chi connectivity index (χ0v) is 11.5. The summed E-state index contributed by atoms with van der Waals surface area (Å²) in [5.41, 5.74) is 2.80. The van der Waals surface area contributed by atoms with Crippen LogP contribution in [0.1, 0.15) is 18.9 Å². The van der Waals surface area contributed by atoms with Gasteiger partial charge in [-0.2, -0.15) is 0 Å². The van der Waals surface area contributed by atoms with Crippen molar-refractivity contribution in [1.82, 2.24) is 0 Å². The van der Waals surface area contributed by atoms with Crippen LogP contribution in [0.4, 0.5) is 5.69 Å². The molecule has 0 aliphatic carbocycles. The molecule has 0 radical (unpaired) electrons. The molecule has 0 aromatic heterocycles. The molecule has 0 atom stereocenters. The summed E-state index contributed by atoms with van der Waals surface area (Å²) in [5.74, 6) is -0.0366. The second-order valence-electron chi connectivity index (χ2n) is 4.63. The number of carbonyl (C=O) groups is 1. The fraction of sp³-hybridized carbons (Fsp3) is 0.176. The summed E-state index contributed by atoms with van der Waals surface area (Å²) >= 11 is 0. The molecule has 0 aliphatic rings. The molecule has 0 heterocycles. The van der Waals surface area contributed by atoms with Gasteiger partial charge in [0.25, 0.3) is 0 Å². The molecule has 0 aliphatic heterocycles. The Morgan fingerprint density at radius 2 is 1.60 bits per heavy atom. The molecule has 2 rings (SSSR count). The lowest BCUT2D eigenvalue weighted by Crippen LogP contribution is -2.15.